The number of hydrogen-bond acceptors (Lipinski definition) is 3. The highest BCUT2D eigenvalue weighted by Crippen LogP contribution is 2.05. The van der Waals surface area contributed by atoms with Gasteiger partial charge in [0.05, 0.1) is 0 Å². The fraction of sp³-hybridized carbons (Fsp3) is 0.263. The van der Waals surface area contributed by atoms with Crippen molar-refractivity contribution in [3.63, 3.8) is 0 Å². The van der Waals surface area contributed by atoms with Crippen LogP contribution in [0.3, 0.4) is 0 Å². The van der Waals surface area contributed by atoms with Gasteiger partial charge in [0.15, 0.2) is 0 Å². The predicted octanol–water partition coefficient (Wildman–Crippen LogP) is 1.58. The molecule has 0 aliphatic heterocycles. The third-order valence-corrected chi connectivity index (χ3v) is 3.66. The molecule has 2 amide bonds. The first-order chi connectivity index (χ1) is 11.6. The second-order valence-corrected chi connectivity index (χ2v) is 5.51. The predicted molar refractivity (Wildman–Crippen MR) is 90.0 cm³/mol. The molecule has 24 heavy (non-hydrogen) atoms. The zero-order valence-corrected chi connectivity index (χ0v) is 13.5. The summed E-state index contributed by atoms with van der Waals surface area (Å²) in [5, 5.41) is 14.0. The second kappa shape index (κ2) is 9.35. The van der Waals surface area contributed by atoms with Gasteiger partial charge in [-0.15, -0.1) is 0 Å². The topological polar surface area (TPSA) is 72.5 Å². The lowest BCUT2D eigenvalue weighted by Crippen LogP contribution is -2.42. The Balaban J connectivity index is 1.73. The fourth-order valence-electron chi connectivity index (χ4n) is 2.35. The molecule has 0 atom stereocenters. The van der Waals surface area contributed by atoms with Crippen molar-refractivity contribution in [2.24, 2.45) is 0 Å². The Bertz CT molecular complexity index is 644. The minimum absolute atomic E-state index is 0.119. The summed E-state index contributed by atoms with van der Waals surface area (Å²) in [5.74, 6) is -0.162. The van der Waals surface area contributed by atoms with E-state index in [4.69, 9.17) is 0 Å². The van der Waals surface area contributed by atoms with Crippen molar-refractivity contribution in [3.8, 4) is 0 Å². The third kappa shape index (κ3) is 6.12. The Labute approximate surface area is 141 Å². The lowest BCUT2D eigenvalue weighted by Gasteiger charge is -2.25. The zero-order valence-electron chi connectivity index (χ0n) is 13.5. The number of rotatable bonds is 8. The van der Waals surface area contributed by atoms with Crippen molar-refractivity contribution in [1.82, 2.24) is 10.2 Å². The Morgan fingerprint density at radius 1 is 0.917 bits per heavy atom. The van der Waals surface area contributed by atoms with Crippen molar-refractivity contribution in [1.29, 1.82) is 0 Å². The van der Waals surface area contributed by atoms with Gasteiger partial charge in [0.2, 0.25) is 5.91 Å². The molecule has 0 unspecified atom stereocenters. The molecule has 2 aromatic carbocycles. The molecule has 1 N–H and O–H groups in total. The van der Waals surface area contributed by atoms with E-state index in [9.17, 15) is 14.7 Å². The van der Waals surface area contributed by atoms with Crippen LogP contribution in [0.1, 0.15) is 17.5 Å². The number of nitrogens with zero attached hydrogens (tertiary/aromatic N) is 1. The molecule has 0 saturated carbocycles. The van der Waals surface area contributed by atoms with Gasteiger partial charge in [0.1, 0.15) is 6.09 Å². The maximum absolute atomic E-state index is 11.9. The van der Waals surface area contributed by atoms with Crippen molar-refractivity contribution >= 4 is 12.0 Å². The first kappa shape index (κ1) is 17.5. The SMILES string of the molecule is O=C(CCN(Cc1ccccc1)C(=O)[O-])NCCc1ccccc1. The fourth-order valence-corrected chi connectivity index (χ4v) is 2.35. The van der Waals surface area contributed by atoms with E-state index in [-0.39, 0.29) is 25.4 Å². The number of carbonyl (C=O) groups excluding carboxylic acids is 2. The van der Waals surface area contributed by atoms with E-state index < -0.39 is 6.09 Å². The van der Waals surface area contributed by atoms with E-state index in [1.54, 1.807) is 0 Å². The average molecular weight is 325 g/mol. The van der Waals surface area contributed by atoms with Crippen LogP contribution < -0.4 is 10.4 Å². The van der Waals surface area contributed by atoms with Crippen molar-refractivity contribution in [2.45, 2.75) is 19.4 Å². The van der Waals surface area contributed by atoms with Gasteiger partial charge < -0.3 is 20.1 Å². The van der Waals surface area contributed by atoms with E-state index in [2.05, 4.69) is 5.32 Å². The minimum Gasteiger partial charge on any atom is -0.530 e. The van der Waals surface area contributed by atoms with Gasteiger partial charge in [-0.1, -0.05) is 60.7 Å². The van der Waals surface area contributed by atoms with Crippen LogP contribution in [0.2, 0.25) is 0 Å². The van der Waals surface area contributed by atoms with Crippen LogP contribution in [0.25, 0.3) is 0 Å². The molecule has 126 valence electrons. The highest BCUT2D eigenvalue weighted by Gasteiger charge is 2.09. The van der Waals surface area contributed by atoms with Gasteiger partial charge in [0, 0.05) is 26.1 Å². The van der Waals surface area contributed by atoms with Gasteiger partial charge >= 0.3 is 0 Å². The van der Waals surface area contributed by atoms with Crippen molar-refractivity contribution in [2.75, 3.05) is 13.1 Å². The molecule has 0 saturated heterocycles. The molecular weight excluding hydrogens is 304 g/mol. The average Bonchev–Trinajstić information content (AvgIpc) is 2.60. The van der Waals surface area contributed by atoms with Crippen LogP contribution in [0.5, 0.6) is 0 Å². The number of amides is 2. The molecule has 0 aromatic heterocycles. The number of benzene rings is 2. The molecule has 0 fully saturated rings. The summed E-state index contributed by atoms with van der Waals surface area (Å²) in [5.41, 5.74) is 2.02. The summed E-state index contributed by atoms with van der Waals surface area (Å²) in [7, 11) is 0. The molecule has 0 bridgehead atoms. The van der Waals surface area contributed by atoms with Gasteiger partial charge in [-0.2, -0.15) is 0 Å². The van der Waals surface area contributed by atoms with Gasteiger partial charge in [-0.25, -0.2) is 0 Å². The van der Waals surface area contributed by atoms with E-state index in [0.717, 1.165) is 22.4 Å². The molecule has 2 rings (SSSR count). The van der Waals surface area contributed by atoms with E-state index >= 15 is 0 Å². The van der Waals surface area contributed by atoms with Crippen molar-refractivity contribution in [3.05, 3.63) is 71.8 Å². The summed E-state index contributed by atoms with van der Waals surface area (Å²) in [6, 6.07) is 19.1. The molecule has 0 radical (unpaired) electrons. The Morgan fingerprint density at radius 3 is 2.08 bits per heavy atom. The lowest BCUT2D eigenvalue weighted by molar-refractivity contribution is -0.266. The molecule has 0 aliphatic carbocycles. The molecule has 0 aliphatic rings. The first-order valence-electron chi connectivity index (χ1n) is 7.95. The highest BCUT2D eigenvalue weighted by molar-refractivity contribution is 5.76. The molecule has 5 heteroatoms. The highest BCUT2D eigenvalue weighted by atomic mass is 16.4. The molecule has 0 spiro atoms. The standard InChI is InChI=1S/C19H22N2O3/c22-18(20-13-11-16-7-3-1-4-8-16)12-14-21(19(23)24)15-17-9-5-2-6-10-17/h1-10H,11-15H2,(H,20,22)(H,23,24)/p-1. The Kier molecular flexibility index (Phi) is 6.83. The minimum atomic E-state index is -1.27. The maximum atomic E-state index is 11.9. The Morgan fingerprint density at radius 2 is 1.50 bits per heavy atom. The molecular formula is C19H21N2O3-. The largest absolute Gasteiger partial charge is 0.530 e. The number of carbonyl (C=O) groups is 2. The zero-order chi connectivity index (χ0) is 17.2. The monoisotopic (exact) mass is 325 g/mol. The van der Waals surface area contributed by atoms with Crippen LogP contribution in [-0.2, 0) is 17.8 Å². The van der Waals surface area contributed by atoms with Crippen LogP contribution in [0.4, 0.5) is 4.79 Å². The normalized spacial score (nSPS) is 10.2. The Hall–Kier alpha value is -2.82. The molecule has 5 nitrogen and oxygen atoms in total. The van der Waals surface area contributed by atoms with E-state index in [1.807, 2.05) is 60.7 Å². The van der Waals surface area contributed by atoms with Gasteiger partial charge in [-0.05, 0) is 17.5 Å². The smallest absolute Gasteiger partial charge is 0.221 e. The molecule has 0 heterocycles. The van der Waals surface area contributed by atoms with Gasteiger partial charge in [0.25, 0.3) is 0 Å². The number of nitrogens with one attached hydrogen (secondary N) is 1. The number of carboxylic acid groups (broad SMARTS) is 1. The van der Waals surface area contributed by atoms with Crippen LogP contribution in [0.15, 0.2) is 60.7 Å². The first-order valence-corrected chi connectivity index (χ1v) is 7.95. The van der Waals surface area contributed by atoms with Crippen LogP contribution >= 0.6 is 0 Å². The van der Waals surface area contributed by atoms with Crippen LogP contribution in [0, 0.1) is 0 Å². The third-order valence-electron chi connectivity index (χ3n) is 3.66. The van der Waals surface area contributed by atoms with Gasteiger partial charge in [-0.3, -0.25) is 4.79 Å². The number of hydrogen-bond donors (Lipinski definition) is 1. The maximum Gasteiger partial charge on any atom is 0.221 e. The van der Waals surface area contributed by atoms with Crippen molar-refractivity contribution < 1.29 is 14.7 Å². The van der Waals surface area contributed by atoms with E-state index in [0.29, 0.717) is 6.54 Å². The quantitative estimate of drug-likeness (QED) is 0.801. The molecule has 2 aromatic rings. The lowest BCUT2D eigenvalue weighted by atomic mass is 10.1. The second-order valence-electron chi connectivity index (χ2n) is 5.51. The summed E-state index contributed by atoms with van der Waals surface area (Å²) in [6.07, 6.45) is -0.396. The summed E-state index contributed by atoms with van der Waals surface area (Å²) < 4.78 is 0. The van der Waals surface area contributed by atoms with Crippen LogP contribution in [-0.4, -0.2) is 30.0 Å². The summed E-state index contributed by atoms with van der Waals surface area (Å²) in [6.45, 7) is 0.877. The van der Waals surface area contributed by atoms with E-state index in [1.165, 1.54) is 0 Å². The summed E-state index contributed by atoms with van der Waals surface area (Å²) in [4.78, 5) is 24.2. The summed E-state index contributed by atoms with van der Waals surface area (Å²) >= 11 is 0.